The molecule has 0 saturated carbocycles. The van der Waals surface area contributed by atoms with Crippen LogP contribution >= 0.6 is 11.3 Å². The molecule has 1 aromatic rings. The number of rotatable bonds is 3. The van der Waals surface area contributed by atoms with Crippen LogP contribution in [0, 0.1) is 0 Å². The molecule has 1 saturated heterocycles. The van der Waals surface area contributed by atoms with Crippen molar-refractivity contribution in [2.75, 3.05) is 31.6 Å². The van der Waals surface area contributed by atoms with Gasteiger partial charge in [0, 0.05) is 48.8 Å². The summed E-state index contributed by atoms with van der Waals surface area (Å²) in [6.07, 6.45) is 2.02. The highest BCUT2D eigenvalue weighted by molar-refractivity contribution is 7.15. The van der Waals surface area contributed by atoms with E-state index >= 15 is 0 Å². The Labute approximate surface area is 120 Å². The molecule has 0 bridgehead atoms. The van der Waals surface area contributed by atoms with Gasteiger partial charge in [0.15, 0.2) is 5.13 Å². The smallest absolute Gasteiger partial charge is 0.185 e. The van der Waals surface area contributed by atoms with E-state index in [0.717, 1.165) is 26.2 Å². The second-order valence-corrected chi connectivity index (χ2v) is 7.61. The Morgan fingerprint density at radius 2 is 2.16 bits per heavy atom. The summed E-state index contributed by atoms with van der Waals surface area (Å²) in [4.78, 5) is 10.7. The second kappa shape index (κ2) is 5.77. The zero-order valence-corrected chi connectivity index (χ0v) is 13.5. The third-order valence-corrected chi connectivity index (χ3v) is 4.45. The van der Waals surface area contributed by atoms with Gasteiger partial charge in [0.1, 0.15) is 0 Å². The first kappa shape index (κ1) is 14.8. The van der Waals surface area contributed by atoms with Gasteiger partial charge in [0.05, 0.1) is 0 Å². The lowest BCUT2D eigenvalue weighted by atomic mass is 10.1. The molecule has 108 valence electrons. The van der Waals surface area contributed by atoms with Crippen LogP contribution in [0.15, 0.2) is 6.20 Å². The van der Waals surface area contributed by atoms with E-state index in [9.17, 15) is 0 Å². The Bertz CT molecular complexity index is 410. The topological polar surface area (TPSA) is 31.4 Å². The maximum atomic E-state index is 4.60. The Morgan fingerprint density at radius 3 is 2.79 bits per heavy atom. The zero-order chi connectivity index (χ0) is 14.0. The molecule has 0 aliphatic carbocycles. The van der Waals surface area contributed by atoms with Crippen molar-refractivity contribution in [3.8, 4) is 0 Å². The van der Waals surface area contributed by atoms with Gasteiger partial charge in [-0.2, -0.15) is 0 Å². The van der Waals surface area contributed by atoms with Crippen LogP contribution in [-0.4, -0.2) is 48.1 Å². The van der Waals surface area contributed by atoms with Gasteiger partial charge in [-0.15, -0.1) is 11.3 Å². The quantitative estimate of drug-likeness (QED) is 0.921. The molecule has 2 rings (SSSR count). The normalized spacial score (nSPS) is 21.9. The van der Waals surface area contributed by atoms with Crippen molar-refractivity contribution in [2.24, 2.45) is 0 Å². The minimum absolute atomic E-state index is 0.158. The summed E-state index contributed by atoms with van der Waals surface area (Å²) >= 11 is 1.82. The molecule has 1 N–H and O–H groups in total. The van der Waals surface area contributed by atoms with E-state index in [1.807, 2.05) is 17.5 Å². The minimum Gasteiger partial charge on any atom is -0.343 e. The van der Waals surface area contributed by atoms with Crippen LogP contribution in [0.2, 0.25) is 0 Å². The van der Waals surface area contributed by atoms with Crippen molar-refractivity contribution in [2.45, 2.75) is 45.8 Å². The Kier molecular flexibility index (Phi) is 4.48. The van der Waals surface area contributed by atoms with Gasteiger partial charge in [-0.25, -0.2) is 4.98 Å². The second-order valence-electron chi connectivity index (χ2n) is 6.52. The largest absolute Gasteiger partial charge is 0.343 e. The van der Waals surface area contributed by atoms with E-state index < -0.39 is 0 Å². The lowest BCUT2D eigenvalue weighted by Crippen LogP contribution is -2.50. The Morgan fingerprint density at radius 1 is 1.42 bits per heavy atom. The van der Waals surface area contributed by atoms with Gasteiger partial charge in [0.2, 0.25) is 0 Å². The van der Waals surface area contributed by atoms with E-state index in [1.165, 1.54) is 10.0 Å². The number of likely N-dealkylation sites (N-methyl/N-ethyl adjacent to an activating group) is 1. The molecule has 1 fully saturated rings. The van der Waals surface area contributed by atoms with Crippen LogP contribution in [0.1, 0.15) is 32.6 Å². The average molecular weight is 282 g/mol. The molecule has 5 heteroatoms. The van der Waals surface area contributed by atoms with Gasteiger partial charge in [-0.3, -0.25) is 0 Å². The number of nitrogens with one attached hydrogen (secondary N) is 1. The molecule has 1 unspecified atom stereocenters. The lowest BCUT2D eigenvalue weighted by Gasteiger charge is -2.38. The van der Waals surface area contributed by atoms with Crippen molar-refractivity contribution in [1.82, 2.24) is 15.2 Å². The average Bonchev–Trinajstić information content (AvgIpc) is 2.74. The standard InChI is InChI=1S/C14H26N4S/c1-11-10-17(5)6-7-18(11)13-15-8-12(19-13)9-16-14(2,3)4/h8,11,16H,6-7,9-10H2,1-5H3. The molecule has 4 nitrogen and oxygen atoms in total. The van der Waals surface area contributed by atoms with E-state index in [2.05, 4.69) is 54.8 Å². The highest BCUT2D eigenvalue weighted by Gasteiger charge is 2.23. The first-order chi connectivity index (χ1) is 8.85. The lowest BCUT2D eigenvalue weighted by molar-refractivity contribution is 0.275. The monoisotopic (exact) mass is 282 g/mol. The molecule has 1 aliphatic rings. The van der Waals surface area contributed by atoms with Crippen molar-refractivity contribution in [3.63, 3.8) is 0 Å². The maximum absolute atomic E-state index is 4.60. The summed E-state index contributed by atoms with van der Waals surface area (Å²) in [6.45, 7) is 13.1. The number of nitrogens with zero attached hydrogens (tertiary/aromatic N) is 3. The Hall–Kier alpha value is -0.650. The van der Waals surface area contributed by atoms with Crippen LogP contribution in [0.4, 0.5) is 5.13 Å². The molecular formula is C14H26N4S. The third-order valence-electron chi connectivity index (χ3n) is 3.41. The maximum Gasteiger partial charge on any atom is 0.185 e. The predicted octanol–water partition coefficient (Wildman–Crippen LogP) is 2.17. The van der Waals surface area contributed by atoms with Gasteiger partial charge < -0.3 is 15.1 Å². The van der Waals surface area contributed by atoms with Crippen LogP contribution in [0.25, 0.3) is 0 Å². The van der Waals surface area contributed by atoms with Gasteiger partial charge in [0.25, 0.3) is 0 Å². The molecule has 0 radical (unpaired) electrons. The molecule has 0 spiro atoms. The van der Waals surface area contributed by atoms with Crippen molar-refractivity contribution in [1.29, 1.82) is 0 Å². The van der Waals surface area contributed by atoms with E-state index in [-0.39, 0.29) is 5.54 Å². The fraction of sp³-hybridized carbons (Fsp3) is 0.786. The number of anilines is 1. The SMILES string of the molecule is CC1CN(C)CCN1c1ncc(CNC(C)(C)C)s1. The number of aromatic nitrogens is 1. The molecule has 19 heavy (non-hydrogen) atoms. The number of hydrogen-bond donors (Lipinski definition) is 1. The van der Waals surface area contributed by atoms with Crippen LogP contribution in [-0.2, 0) is 6.54 Å². The summed E-state index contributed by atoms with van der Waals surface area (Å²) in [5.41, 5.74) is 0.158. The number of piperazine rings is 1. The molecule has 0 amide bonds. The van der Waals surface area contributed by atoms with Crippen LogP contribution < -0.4 is 10.2 Å². The summed E-state index contributed by atoms with van der Waals surface area (Å²) < 4.78 is 0. The Balaban J connectivity index is 1.97. The summed E-state index contributed by atoms with van der Waals surface area (Å²) in [5.74, 6) is 0. The first-order valence-corrected chi connectivity index (χ1v) is 7.82. The summed E-state index contributed by atoms with van der Waals surface area (Å²) in [6, 6.07) is 0.549. The molecule has 0 aromatic carbocycles. The van der Waals surface area contributed by atoms with Crippen molar-refractivity contribution >= 4 is 16.5 Å². The van der Waals surface area contributed by atoms with Crippen LogP contribution in [0.5, 0.6) is 0 Å². The molecular weight excluding hydrogens is 256 g/mol. The fourth-order valence-electron chi connectivity index (χ4n) is 2.29. The highest BCUT2D eigenvalue weighted by Crippen LogP contribution is 2.26. The first-order valence-electron chi connectivity index (χ1n) is 7.00. The fourth-order valence-corrected chi connectivity index (χ4v) is 3.27. The minimum atomic E-state index is 0.158. The van der Waals surface area contributed by atoms with Crippen molar-refractivity contribution < 1.29 is 0 Å². The van der Waals surface area contributed by atoms with Crippen LogP contribution in [0.3, 0.4) is 0 Å². The van der Waals surface area contributed by atoms with E-state index in [1.54, 1.807) is 0 Å². The van der Waals surface area contributed by atoms with Gasteiger partial charge in [-0.05, 0) is 34.7 Å². The predicted molar refractivity (Wildman–Crippen MR) is 83.0 cm³/mol. The molecule has 2 heterocycles. The summed E-state index contributed by atoms with van der Waals surface area (Å²) in [5, 5.41) is 4.69. The third kappa shape index (κ3) is 4.16. The number of hydrogen-bond acceptors (Lipinski definition) is 5. The molecule has 1 atom stereocenters. The zero-order valence-electron chi connectivity index (χ0n) is 12.7. The van der Waals surface area contributed by atoms with Gasteiger partial charge in [-0.1, -0.05) is 0 Å². The molecule has 1 aromatic heterocycles. The van der Waals surface area contributed by atoms with Gasteiger partial charge >= 0.3 is 0 Å². The summed E-state index contributed by atoms with van der Waals surface area (Å²) in [7, 11) is 2.19. The van der Waals surface area contributed by atoms with Crippen molar-refractivity contribution in [3.05, 3.63) is 11.1 Å². The number of thiazole rings is 1. The highest BCUT2D eigenvalue weighted by atomic mass is 32.1. The van der Waals surface area contributed by atoms with E-state index in [0.29, 0.717) is 6.04 Å². The van der Waals surface area contributed by atoms with E-state index in [4.69, 9.17) is 0 Å². The molecule has 1 aliphatic heterocycles.